The highest BCUT2D eigenvalue weighted by Gasteiger charge is 2.42. The first-order valence-electron chi connectivity index (χ1n) is 8.78. The van der Waals surface area contributed by atoms with Crippen LogP contribution in [0.5, 0.6) is 11.5 Å². The quantitative estimate of drug-likeness (QED) is 0.576. The van der Waals surface area contributed by atoms with E-state index in [1.807, 2.05) is 6.92 Å². The number of rotatable bonds is 7. The van der Waals surface area contributed by atoms with Crippen molar-refractivity contribution in [1.29, 1.82) is 0 Å². The molecule has 9 heteroatoms. The zero-order chi connectivity index (χ0) is 21.8. The molecule has 0 saturated carbocycles. The number of hydrogen-bond donors (Lipinski definition) is 2. The maximum Gasteiger partial charge on any atom is 0.417 e. The molecule has 0 fully saturated rings. The van der Waals surface area contributed by atoms with Crippen LogP contribution in [0.25, 0.3) is 0 Å². The highest BCUT2D eigenvalue weighted by Crippen LogP contribution is 2.40. The van der Waals surface area contributed by atoms with Gasteiger partial charge in [-0.25, -0.2) is 0 Å². The second kappa shape index (κ2) is 8.94. The van der Waals surface area contributed by atoms with E-state index >= 15 is 0 Å². The van der Waals surface area contributed by atoms with Crippen molar-refractivity contribution in [3.05, 3.63) is 58.7 Å². The van der Waals surface area contributed by atoms with Crippen molar-refractivity contribution in [2.75, 3.05) is 7.11 Å². The fourth-order valence-corrected chi connectivity index (χ4v) is 2.84. The normalized spacial score (nSPS) is 13.4. The number of phenols is 1. The second-order valence-electron chi connectivity index (χ2n) is 6.70. The van der Waals surface area contributed by atoms with E-state index in [0.29, 0.717) is 30.7 Å². The molecule has 2 aromatic carbocycles. The maximum absolute atomic E-state index is 13.0. The van der Waals surface area contributed by atoms with Crippen LogP contribution in [0.1, 0.15) is 35.6 Å². The number of benzene rings is 2. The number of phenolic OH excluding ortho intramolecular Hbond substituents is 1. The molecule has 2 rings (SSSR count). The molecule has 0 saturated heterocycles. The van der Waals surface area contributed by atoms with Crippen molar-refractivity contribution in [2.45, 2.75) is 44.7 Å². The Morgan fingerprint density at radius 1 is 0.931 bits per heavy atom. The van der Waals surface area contributed by atoms with Gasteiger partial charge >= 0.3 is 12.4 Å². The third-order valence-corrected chi connectivity index (χ3v) is 4.46. The summed E-state index contributed by atoms with van der Waals surface area (Å²) >= 11 is 0. The van der Waals surface area contributed by atoms with Gasteiger partial charge in [-0.15, -0.1) is 0 Å². The molecule has 1 unspecified atom stereocenters. The number of alkyl halides is 6. The van der Waals surface area contributed by atoms with Crippen LogP contribution in [0.3, 0.4) is 0 Å². The number of methoxy groups -OCH3 is 1. The molecule has 0 bridgehead atoms. The molecule has 3 nitrogen and oxygen atoms in total. The van der Waals surface area contributed by atoms with Gasteiger partial charge in [0.1, 0.15) is 0 Å². The van der Waals surface area contributed by atoms with Crippen LogP contribution < -0.4 is 10.1 Å². The van der Waals surface area contributed by atoms with Gasteiger partial charge in [0.05, 0.1) is 18.2 Å². The summed E-state index contributed by atoms with van der Waals surface area (Å²) in [5.41, 5.74) is -2.36. The molecule has 29 heavy (non-hydrogen) atoms. The minimum absolute atomic E-state index is 0.00127. The van der Waals surface area contributed by atoms with E-state index in [9.17, 15) is 31.4 Å². The molecule has 0 radical (unpaired) electrons. The standard InChI is InChI=1S/C20H21F6NO2/c1-12(3-4-13-6-8-17(28)18(10-13)29-2)27-11-14-5-7-15(19(21,22)23)16(9-14)20(24,25)26/h5-10,12,27-28H,3-4,11H2,1-2H3. The maximum atomic E-state index is 13.0. The first-order valence-corrected chi connectivity index (χ1v) is 8.78. The number of ether oxygens (including phenoxy) is 1. The number of aromatic hydroxyl groups is 1. The zero-order valence-corrected chi connectivity index (χ0v) is 15.8. The van der Waals surface area contributed by atoms with Crippen LogP contribution in [0.15, 0.2) is 36.4 Å². The van der Waals surface area contributed by atoms with Crippen molar-refractivity contribution < 1.29 is 36.2 Å². The van der Waals surface area contributed by atoms with Gasteiger partial charge in [-0.2, -0.15) is 26.3 Å². The van der Waals surface area contributed by atoms with Crippen molar-refractivity contribution in [1.82, 2.24) is 5.32 Å². The molecule has 160 valence electrons. The average molecular weight is 421 g/mol. The number of halogens is 6. The molecule has 0 heterocycles. The van der Waals surface area contributed by atoms with Crippen molar-refractivity contribution in [3.63, 3.8) is 0 Å². The third kappa shape index (κ3) is 6.28. The largest absolute Gasteiger partial charge is 0.504 e. The summed E-state index contributed by atoms with van der Waals surface area (Å²) in [5, 5.41) is 12.6. The summed E-state index contributed by atoms with van der Waals surface area (Å²) < 4.78 is 82.5. The monoisotopic (exact) mass is 421 g/mol. The van der Waals surface area contributed by atoms with Gasteiger partial charge in [0, 0.05) is 12.6 Å². The molecule has 1 atom stereocenters. The summed E-state index contributed by atoms with van der Waals surface area (Å²) in [7, 11) is 1.43. The fraction of sp³-hybridized carbons (Fsp3) is 0.400. The van der Waals surface area contributed by atoms with Crippen LogP contribution >= 0.6 is 0 Å². The lowest BCUT2D eigenvalue weighted by Gasteiger charge is -2.18. The van der Waals surface area contributed by atoms with Gasteiger partial charge in [0.25, 0.3) is 0 Å². The van der Waals surface area contributed by atoms with Gasteiger partial charge in [-0.3, -0.25) is 0 Å². The Morgan fingerprint density at radius 2 is 1.55 bits per heavy atom. The molecule has 0 aromatic heterocycles. The molecule has 0 spiro atoms. The van der Waals surface area contributed by atoms with Crippen LogP contribution in [0.4, 0.5) is 26.3 Å². The SMILES string of the molecule is COc1cc(CCC(C)NCc2ccc(C(F)(F)F)c(C(F)(F)F)c2)ccc1O. The Balaban J connectivity index is 2.00. The van der Waals surface area contributed by atoms with Crippen LogP contribution in [0.2, 0.25) is 0 Å². The van der Waals surface area contributed by atoms with Crippen molar-refractivity contribution in [2.24, 2.45) is 0 Å². The Labute approximate surface area is 164 Å². The molecule has 2 N–H and O–H groups in total. The Hall–Kier alpha value is -2.42. The number of hydrogen-bond acceptors (Lipinski definition) is 3. The highest BCUT2D eigenvalue weighted by atomic mass is 19.4. The van der Waals surface area contributed by atoms with E-state index in [0.717, 1.165) is 11.6 Å². The van der Waals surface area contributed by atoms with Crippen LogP contribution in [0, 0.1) is 0 Å². The van der Waals surface area contributed by atoms with Gasteiger partial charge in [0.15, 0.2) is 11.5 Å². The summed E-state index contributed by atoms with van der Waals surface area (Å²) in [6, 6.07) is 6.87. The van der Waals surface area contributed by atoms with E-state index in [1.54, 1.807) is 12.1 Å². The van der Waals surface area contributed by atoms with Crippen molar-refractivity contribution in [3.8, 4) is 11.5 Å². The molecule has 0 aliphatic rings. The minimum atomic E-state index is -5.09. The lowest BCUT2D eigenvalue weighted by molar-refractivity contribution is -0.162. The molecular weight excluding hydrogens is 400 g/mol. The smallest absolute Gasteiger partial charge is 0.417 e. The van der Waals surface area contributed by atoms with Gasteiger partial charge in [-0.1, -0.05) is 12.1 Å². The molecule has 2 aromatic rings. The highest BCUT2D eigenvalue weighted by molar-refractivity contribution is 5.41. The number of aryl methyl sites for hydroxylation is 1. The minimum Gasteiger partial charge on any atom is -0.504 e. The topological polar surface area (TPSA) is 41.5 Å². The van der Waals surface area contributed by atoms with Crippen LogP contribution in [-0.2, 0) is 25.3 Å². The van der Waals surface area contributed by atoms with E-state index in [4.69, 9.17) is 4.74 Å². The van der Waals surface area contributed by atoms with Gasteiger partial charge < -0.3 is 15.2 Å². The zero-order valence-electron chi connectivity index (χ0n) is 15.8. The Bertz CT molecular complexity index is 833. The van der Waals surface area contributed by atoms with Gasteiger partial charge in [-0.05, 0) is 55.2 Å². The predicted molar refractivity (Wildman–Crippen MR) is 95.7 cm³/mol. The number of nitrogens with one attached hydrogen (secondary N) is 1. The van der Waals surface area contributed by atoms with E-state index in [-0.39, 0.29) is 23.9 Å². The van der Waals surface area contributed by atoms with Crippen molar-refractivity contribution >= 4 is 0 Å². The Kier molecular flexibility index (Phi) is 7.05. The molecule has 0 amide bonds. The Morgan fingerprint density at radius 3 is 2.14 bits per heavy atom. The lowest BCUT2D eigenvalue weighted by atomic mass is 10.0. The lowest BCUT2D eigenvalue weighted by Crippen LogP contribution is -2.26. The third-order valence-electron chi connectivity index (χ3n) is 4.46. The van der Waals surface area contributed by atoms with Crippen LogP contribution in [-0.4, -0.2) is 18.3 Å². The summed E-state index contributed by atoms with van der Waals surface area (Å²) in [6.45, 7) is 1.83. The van der Waals surface area contributed by atoms with E-state index in [1.165, 1.54) is 13.2 Å². The average Bonchev–Trinajstić information content (AvgIpc) is 2.64. The first-order chi connectivity index (χ1) is 13.4. The fourth-order valence-electron chi connectivity index (χ4n) is 2.84. The summed E-state index contributed by atoms with van der Waals surface area (Å²) in [6.07, 6.45) is -8.92. The molecule has 0 aliphatic carbocycles. The second-order valence-corrected chi connectivity index (χ2v) is 6.70. The van der Waals surface area contributed by atoms with Gasteiger partial charge in [0.2, 0.25) is 0 Å². The molecule has 0 aliphatic heterocycles. The van der Waals surface area contributed by atoms with E-state index in [2.05, 4.69) is 5.32 Å². The molecular formula is C20H21F6NO2. The first kappa shape index (κ1) is 22.9. The summed E-state index contributed by atoms with van der Waals surface area (Å²) in [5.74, 6) is 0.359. The predicted octanol–water partition coefficient (Wildman–Crippen LogP) is 5.55. The van der Waals surface area contributed by atoms with E-state index < -0.39 is 23.5 Å². The summed E-state index contributed by atoms with van der Waals surface area (Å²) in [4.78, 5) is 0.